The average molecular weight is 664 g/mol. The summed E-state index contributed by atoms with van der Waals surface area (Å²) in [6, 6.07) is 9.33. The van der Waals surface area contributed by atoms with Gasteiger partial charge in [0, 0.05) is 16.9 Å². The molecule has 0 radical (unpaired) electrons. The first-order chi connectivity index (χ1) is 21.7. The van der Waals surface area contributed by atoms with Gasteiger partial charge in [0.15, 0.2) is 0 Å². The molecule has 4 amide bonds. The lowest BCUT2D eigenvalue weighted by atomic mass is 10.1. The van der Waals surface area contributed by atoms with Crippen LogP contribution in [0.1, 0.15) is 42.3 Å². The van der Waals surface area contributed by atoms with Crippen molar-refractivity contribution in [1.29, 1.82) is 0 Å². The maximum atomic E-state index is 13.2. The fraction of sp³-hybridized carbons (Fsp3) is 0.200. The van der Waals surface area contributed by atoms with Crippen molar-refractivity contribution < 1.29 is 45.8 Å². The Morgan fingerprint density at radius 2 is 1.21 bits per heavy atom. The van der Waals surface area contributed by atoms with E-state index in [-0.39, 0.29) is 45.4 Å². The quantitative estimate of drug-likeness (QED) is 0.115. The highest BCUT2D eigenvalue weighted by molar-refractivity contribution is 6.07. The number of nitrogens with zero attached hydrogens (tertiary/aromatic N) is 2. The van der Waals surface area contributed by atoms with Crippen LogP contribution in [0.3, 0.4) is 0 Å². The SMILES string of the molecule is CC(C)(C)n1nc(-c2ccc(NC(=O)Nc3cccc(C(F)(F)F)c3)c(NC(=O)Nc3cccc(C(F)(F)F)c3)c2)c(C(=O)O)c1N. The third kappa shape index (κ3) is 8.11. The Labute approximate surface area is 262 Å². The van der Waals surface area contributed by atoms with E-state index in [0.717, 1.165) is 24.3 Å². The molecule has 0 aliphatic carbocycles. The molecule has 7 N–H and O–H groups in total. The number of halogens is 6. The van der Waals surface area contributed by atoms with Gasteiger partial charge >= 0.3 is 30.4 Å². The standard InChI is InChI=1S/C30H27F6N7O4/c1-28(2,3)43-24(37)22(25(44)45)23(42-43)15-10-11-20(40-26(46)38-18-8-4-6-16(13-18)29(31,32)33)21(12-15)41-27(47)39-19-9-5-7-17(14-19)30(34,35)36/h4-14H,37H2,1-3H3,(H,44,45)(H2,38,40,46)(H2,39,41,47). The van der Waals surface area contributed by atoms with Gasteiger partial charge in [0.05, 0.1) is 28.0 Å². The monoisotopic (exact) mass is 663 g/mol. The Kier molecular flexibility index (Phi) is 9.13. The second-order valence-corrected chi connectivity index (χ2v) is 11.1. The van der Waals surface area contributed by atoms with Gasteiger partial charge in [-0.2, -0.15) is 31.4 Å². The Morgan fingerprint density at radius 1 is 0.723 bits per heavy atom. The lowest BCUT2D eigenvalue weighted by Gasteiger charge is -2.20. The minimum atomic E-state index is -4.69. The summed E-state index contributed by atoms with van der Waals surface area (Å²) in [5.41, 5.74) is 2.20. The van der Waals surface area contributed by atoms with E-state index in [1.54, 1.807) is 20.8 Å². The number of aromatic carboxylic acids is 1. The topological polar surface area (TPSA) is 163 Å². The number of rotatable bonds is 6. The summed E-state index contributed by atoms with van der Waals surface area (Å²) in [7, 11) is 0. The maximum absolute atomic E-state index is 13.2. The van der Waals surface area contributed by atoms with E-state index < -0.39 is 47.0 Å². The molecule has 4 aromatic rings. The molecule has 0 unspecified atom stereocenters. The van der Waals surface area contributed by atoms with E-state index >= 15 is 0 Å². The number of carbonyl (C=O) groups excluding carboxylic acids is 2. The van der Waals surface area contributed by atoms with Gasteiger partial charge in [-0.25, -0.2) is 19.1 Å². The van der Waals surface area contributed by atoms with Crippen LogP contribution in [-0.2, 0) is 17.9 Å². The number of aromatic nitrogens is 2. The van der Waals surface area contributed by atoms with E-state index in [1.165, 1.54) is 35.0 Å². The largest absolute Gasteiger partial charge is 0.477 e. The molecule has 0 aliphatic heterocycles. The van der Waals surface area contributed by atoms with Gasteiger partial charge in [-0.3, -0.25) is 0 Å². The van der Waals surface area contributed by atoms with Crippen molar-refractivity contribution in [3.8, 4) is 11.3 Å². The third-order valence-corrected chi connectivity index (χ3v) is 6.46. The number of amides is 4. The van der Waals surface area contributed by atoms with Crippen molar-refractivity contribution in [1.82, 2.24) is 9.78 Å². The highest BCUT2D eigenvalue weighted by Crippen LogP contribution is 2.36. The summed E-state index contributed by atoms with van der Waals surface area (Å²) in [5, 5.41) is 23.5. The average Bonchev–Trinajstić information content (AvgIpc) is 3.31. The number of carboxylic acids is 1. The molecule has 0 aliphatic rings. The first-order valence-electron chi connectivity index (χ1n) is 13.5. The molecule has 0 fully saturated rings. The Morgan fingerprint density at radius 3 is 1.66 bits per heavy atom. The van der Waals surface area contributed by atoms with Gasteiger partial charge in [-0.05, 0) is 69.3 Å². The lowest BCUT2D eigenvalue weighted by Crippen LogP contribution is -2.25. The van der Waals surface area contributed by atoms with Crippen LogP contribution in [0, 0.1) is 0 Å². The van der Waals surface area contributed by atoms with Crippen LogP contribution in [0.15, 0.2) is 66.7 Å². The van der Waals surface area contributed by atoms with Crippen LogP contribution in [0.25, 0.3) is 11.3 Å². The van der Waals surface area contributed by atoms with Crippen LogP contribution in [0.2, 0.25) is 0 Å². The predicted octanol–water partition coefficient (Wildman–Crippen LogP) is 7.91. The Balaban J connectivity index is 1.71. The van der Waals surface area contributed by atoms with Crippen molar-refractivity contribution in [3.63, 3.8) is 0 Å². The predicted molar refractivity (Wildman–Crippen MR) is 162 cm³/mol. The molecule has 3 aromatic carbocycles. The zero-order chi connectivity index (χ0) is 34.9. The third-order valence-electron chi connectivity index (χ3n) is 6.46. The first-order valence-corrected chi connectivity index (χ1v) is 13.5. The summed E-state index contributed by atoms with van der Waals surface area (Å²) in [5.74, 6) is -1.58. The summed E-state index contributed by atoms with van der Waals surface area (Å²) >= 11 is 0. The molecule has 0 bridgehead atoms. The Bertz CT molecular complexity index is 1850. The zero-order valence-corrected chi connectivity index (χ0v) is 24.8. The number of urea groups is 2. The fourth-order valence-corrected chi connectivity index (χ4v) is 4.38. The summed E-state index contributed by atoms with van der Waals surface area (Å²) in [6.45, 7) is 5.19. The molecule has 1 heterocycles. The van der Waals surface area contributed by atoms with E-state index in [2.05, 4.69) is 26.4 Å². The molecule has 0 spiro atoms. The molecule has 4 rings (SSSR count). The molecular weight excluding hydrogens is 636 g/mol. The number of nitrogens with two attached hydrogens (primary N) is 1. The second kappa shape index (κ2) is 12.6. The smallest absolute Gasteiger partial charge is 0.416 e. The van der Waals surface area contributed by atoms with Crippen molar-refractivity contribution in [2.45, 2.75) is 38.7 Å². The van der Waals surface area contributed by atoms with Gasteiger partial charge in [0.25, 0.3) is 0 Å². The highest BCUT2D eigenvalue weighted by atomic mass is 19.4. The van der Waals surface area contributed by atoms with Gasteiger partial charge in [0.1, 0.15) is 17.1 Å². The molecular formula is C30H27F6N7O4. The van der Waals surface area contributed by atoms with Crippen LogP contribution < -0.4 is 27.0 Å². The number of benzene rings is 3. The Hall–Kier alpha value is -5.74. The van der Waals surface area contributed by atoms with Crippen LogP contribution in [0.5, 0.6) is 0 Å². The lowest BCUT2D eigenvalue weighted by molar-refractivity contribution is -0.138. The van der Waals surface area contributed by atoms with E-state index in [4.69, 9.17) is 5.73 Å². The van der Waals surface area contributed by atoms with Gasteiger partial charge < -0.3 is 32.1 Å². The van der Waals surface area contributed by atoms with E-state index in [1.807, 2.05) is 0 Å². The van der Waals surface area contributed by atoms with E-state index in [9.17, 15) is 45.8 Å². The second-order valence-electron chi connectivity index (χ2n) is 11.1. The van der Waals surface area contributed by atoms with E-state index in [0.29, 0.717) is 12.1 Å². The number of nitrogens with one attached hydrogen (secondary N) is 4. The van der Waals surface area contributed by atoms with Crippen molar-refractivity contribution >= 4 is 46.6 Å². The van der Waals surface area contributed by atoms with Crippen LogP contribution in [-0.4, -0.2) is 32.9 Å². The van der Waals surface area contributed by atoms with Crippen molar-refractivity contribution in [2.75, 3.05) is 27.0 Å². The number of alkyl halides is 6. The number of carbonyl (C=O) groups is 3. The van der Waals surface area contributed by atoms with Gasteiger partial charge in [-0.1, -0.05) is 18.2 Å². The maximum Gasteiger partial charge on any atom is 0.416 e. The molecule has 0 saturated heterocycles. The molecule has 248 valence electrons. The molecule has 47 heavy (non-hydrogen) atoms. The fourth-order valence-electron chi connectivity index (χ4n) is 4.38. The zero-order valence-electron chi connectivity index (χ0n) is 24.8. The number of carboxylic acid groups (broad SMARTS) is 1. The minimum Gasteiger partial charge on any atom is -0.477 e. The number of hydrogen-bond donors (Lipinski definition) is 6. The number of anilines is 5. The van der Waals surface area contributed by atoms with Gasteiger partial charge in [-0.15, -0.1) is 0 Å². The minimum absolute atomic E-state index is 0.105. The van der Waals surface area contributed by atoms with Crippen molar-refractivity contribution in [3.05, 3.63) is 83.4 Å². The molecule has 1 aromatic heterocycles. The first kappa shape index (κ1) is 34.1. The summed E-state index contributed by atoms with van der Waals surface area (Å²) in [6.07, 6.45) is -9.36. The highest BCUT2D eigenvalue weighted by Gasteiger charge is 2.32. The molecule has 0 saturated carbocycles. The van der Waals surface area contributed by atoms with Crippen LogP contribution >= 0.6 is 0 Å². The molecule has 11 nitrogen and oxygen atoms in total. The summed E-state index contributed by atoms with van der Waals surface area (Å²) in [4.78, 5) is 37.9. The van der Waals surface area contributed by atoms with Crippen LogP contribution in [0.4, 0.5) is 64.5 Å². The molecule has 0 atom stereocenters. The molecule has 17 heteroatoms. The normalized spacial score (nSPS) is 11.9. The number of hydrogen-bond acceptors (Lipinski definition) is 5. The summed E-state index contributed by atoms with van der Waals surface area (Å²) < 4.78 is 80.2. The van der Waals surface area contributed by atoms with Gasteiger partial charge in [0.2, 0.25) is 0 Å². The van der Waals surface area contributed by atoms with Crippen molar-refractivity contribution in [2.24, 2.45) is 0 Å². The number of nitrogen functional groups attached to an aromatic ring is 1.